The molecule has 1 fully saturated rings. The van der Waals surface area contributed by atoms with Crippen LogP contribution in [0.5, 0.6) is 0 Å². The fraction of sp³-hybridized carbons (Fsp3) is 0.429. The molecule has 0 radical (unpaired) electrons. The van der Waals surface area contributed by atoms with Crippen LogP contribution in [0.2, 0.25) is 0 Å². The van der Waals surface area contributed by atoms with E-state index in [0.717, 1.165) is 42.2 Å². The van der Waals surface area contributed by atoms with Crippen LogP contribution in [0.25, 0.3) is 11.0 Å². The number of anilines is 1. The Balaban J connectivity index is 1.80. The first-order valence-electron chi connectivity index (χ1n) is 6.51. The number of nitrogens with one attached hydrogen (secondary N) is 2. The molecule has 3 rings (SSSR count). The van der Waals surface area contributed by atoms with Gasteiger partial charge in [0.05, 0.1) is 16.7 Å². The molecule has 1 atom stereocenters. The zero-order chi connectivity index (χ0) is 12.4. The molecule has 4 heteroatoms. The minimum absolute atomic E-state index is 0.706. The summed E-state index contributed by atoms with van der Waals surface area (Å²) in [7, 11) is 0. The third kappa shape index (κ3) is 2.29. The zero-order valence-corrected chi connectivity index (χ0v) is 10.6. The summed E-state index contributed by atoms with van der Waals surface area (Å²) in [5.41, 5.74) is 2.89. The van der Waals surface area contributed by atoms with Gasteiger partial charge < -0.3 is 10.6 Å². The molecule has 1 aliphatic heterocycles. The van der Waals surface area contributed by atoms with Crippen molar-refractivity contribution >= 4 is 16.9 Å². The molecule has 2 aromatic rings. The topological polar surface area (TPSA) is 49.8 Å². The molecule has 2 heterocycles. The van der Waals surface area contributed by atoms with Gasteiger partial charge in [-0.3, -0.25) is 0 Å². The highest BCUT2D eigenvalue weighted by atomic mass is 15.0. The Morgan fingerprint density at radius 1 is 1.28 bits per heavy atom. The maximum absolute atomic E-state index is 4.64. The van der Waals surface area contributed by atoms with Crippen LogP contribution in [0.4, 0.5) is 5.82 Å². The molecule has 18 heavy (non-hydrogen) atoms. The standard InChI is InChI=1S/C14H18N4/c1-10-14(16-9-11-6-7-15-8-11)18-13-5-3-2-4-12(13)17-10/h2-5,11,15H,6-9H2,1H3,(H,16,18). The number of benzene rings is 1. The average molecular weight is 242 g/mol. The van der Waals surface area contributed by atoms with E-state index in [1.165, 1.54) is 6.42 Å². The van der Waals surface area contributed by atoms with E-state index >= 15 is 0 Å². The molecule has 4 nitrogen and oxygen atoms in total. The number of hydrogen-bond acceptors (Lipinski definition) is 4. The van der Waals surface area contributed by atoms with Gasteiger partial charge in [0, 0.05) is 6.54 Å². The molecule has 1 saturated heterocycles. The molecule has 0 amide bonds. The first kappa shape index (κ1) is 11.4. The van der Waals surface area contributed by atoms with Crippen LogP contribution >= 0.6 is 0 Å². The van der Waals surface area contributed by atoms with Crippen molar-refractivity contribution < 1.29 is 0 Å². The number of fused-ring (bicyclic) bond motifs is 1. The van der Waals surface area contributed by atoms with Crippen LogP contribution in [-0.4, -0.2) is 29.6 Å². The van der Waals surface area contributed by atoms with Crippen molar-refractivity contribution in [3.05, 3.63) is 30.0 Å². The number of nitrogens with zero attached hydrogens (tertiary/aromatic N) is 2. The van der Waals surface area contributed by atoms with E-state index < -0.39 is 0 Å². The maximum Gasteiger partial charge on any atom is 0.148 e. The lowest BCUT2D eigenvalue weighted by Crippen LogP contribution is -2.18. The predicted octanol–water partition coefficient (Wildman–Crippen LogP) is 1.96. The van der Waals surface area contributed by atoms with E-state index in [2.05, 4.69) is 20.6 Å². The van der Waals surface area contributed by atoms with Gasteiger partial charge in [0.2, 0.25) is 0 Å². The third-order valence-corrected chi connectivity index (χ3v) is 3.47. The summed E-state index contributed by atoms with van der Waals surface area (Å²) in [6, 6.07) is 7.99. The summed E-state index contributed by atoms with van der Waals surface area (Å²) in [4.78, 5) is 9.22. The third-order valence-electron chi connectivity index (χ3n) is 3.47. The summed E-state index contributed by atoms with van der Waals surface area (Å²) in [5, 5.41) is 6.81. The van der Waals surface area contributed by atoms with Gasteiger partial charge in [-0.15, -0.1) is 0 Å². The summed E-state index contributed by atoms with van der Waals surface area (Å²) in [6.07, 6.45) is 1.24. The molecule has 1 aromatic carbocycles. The highest BCUT2D eigenvalue weighted by molar-refractivity contribution is 5.76. The Morgan fingerprint density at radius 2 is 2.06 bits per heavy atom. The van der Waals surface area contributed by atoms with E-state index in [9.17, 15) is 0 Å². The first-order valence-corrected chi connectivity index (χ1v) is 6.51. The van der Waals surface area contributed by atoms with Gasteiger partial charge in [0.15, 0.2) is 0 Å². The van der Waals surface area contributed by atoms with Crippen LogP contribution in [0, 0.1) is 12.8 Å². The Hall–Kier alpha value is -1.68. The minimum Gasteiger partial charge on any atom is -0.368 e. The van der Waals surface area contributed by atoms with Crippen LogP contribution in [-0.2, 0) is 0 Å². The maximum atomic E-state index is 4.64. The molecule has 1 unspecified atom stereocenters. The molecule has 0 bridgehead atoms. The van der Waals surface area contributed by atoms with Crippen molar-refractivity contribution in [2.75, 3.05) is 25.0 Å². The molecule has 94 valence electrons. The fourth-order valence-corrected chi connectivity index (χ4v) is 2.39. The monoisotopic (exact) mass is 242 g/mol. The van der Waals surface area contributed by atoms with Crippen LogP contribution < -0.4 is 10.6 Å². The van der Waals surface area contributed by atoms with Crippen molar-refractivity contribution in [1.82, 2.24) is 15.3 Å². The zero-order valence-electron chi connectivity index (χ0n) is 10.6. The summed E-state index contributed by atoms with van der Waals surface area (Å²) < 4.78 is 0. The minimum atomic E-state index is 0.706. The smallest absolute Gasteiger partial charge is 0.148 e. The molecular weight excluding hydrogens is 224 g/mol. The van der Waals surface area contributed by atoms with Crippen molar-refractivity contribution in [1.29, 1.82) is 0 Å². The normalized spacial score (nSPS) is 19.3. The second-order valence-corrected chi connectivity index (χ2v) is 4.89. The van der Waals surface area contributed by atoms with Gasteiger partial charge in [-0.05, 0) is 44.5 Å². The van der Waals surface area contributed by atoms with Crippen LogP contribution in [0.1, 0.15) is 12.1 Å². The number of aryl methyl sites for hydroxylation is 1. The highest BCUT2D eigenvalue weighted by Gasteiger charge is 2.14. The van der Waals surface area contributed by atoms with E-state index in [1.807, 2.05) is 31.2 Å². The number of para-hydroxylation sites is 2. The van der Waals surface area contributed by atoms with Gasteiger partial charge in [-0.25, -0.2) is 9.97 Å². The van der Waals surface area contributed by atoms with E-state index in [1.54, 1.807) is 0 Å². The Labute approximate surface area is 107 Å². The molecule has 1 aliphatic rings. The molecule has 0 spiro atoms. The van der Waals surface area contributed by atoms with Gasteiger partial charge >= 0.3 is 0 Å². The lowest BCUT2D eigenvalue weighted by atomic mass is 10.1. The van der Waals surface area contributed by atoms with Crippen molar-refractivity contribution in [3.8, 4) is 0 Å². The van der Waals surface area contributed by atoms with Crippen molar-refractivity contribution in [2.45, 2.75) is 13.3 Å². The largest absolute Gasteiger partial charge is 0.368 e. The average Bonchev–Trinajstić information content (AvgIpc) is 2.89. The van der Waals surface area contributed by atoms with Crippen molar-refractivity contribution in [2.24, 2.45) is 5.92 Å². The van der Waals surface area contributed by atoms with Gasteiger partial charge in [-0.1, -0.05) is 12.1 Å². The lowest BCUT2D eigenvalue weighted by molar-refractivity contribution is 0.614. The Kier molecular flexibility index (Phi) is 3.11. The molecule has 2 N–H and O–H groups in total. The lowest BCUT2D eigenvalue weighted by Gasteiger charge is -2.12. The van der Waals surface area contributed by atoms with E-state index in [-0.39, 0.29) is 0 Å². The van der Waals surface area contributed by atoms with Gasteiger partial charge in [0.25, 0.3) is 0 Å². The fourth-order valence-electron chi connectivity index (χ4n) is 2.39. The molecule has 0 aliphatic carbocycles. The van der Waals surface area contributed by atoms with Crippen LogP contribution in [0.3, 0.4) is 0 Å². The first-order chi connectivity index (χ1) is 8.83. The Bertz CT molecular complexity index is 546. The van der Waals surface area contributed by atoms with Gasteiger partial charge in [0.1, 0.15) is 5.82 Å². The van der Waals surface area contributed by atoms with Crippen molar-refractivity contribution in [3.63, 3.8) is 0 Å². The molecular formula is C14H18N4. The second-order valence-electron chi connectivity index (χ2n) is 4.89. The number of aromatic nitrogens is 2. The molecule has 1 aromatic heterocycles. The summed E-state index contributed by atoms with van der Waals surface area (Å²) in [6.45, 7) is 5.22. The number of hydrogen-bond donors (Lipinski definition) is 2. The highest BCUT2D eigenvalue weighted by Crippen LogP contribution is 2.17. The van der Waals surface area contributed by atoms with E-state index in [4.69, 9.17) is 0 Å². The summed E-state index contributed by atoms with van der Waals surface area (Å²) >= 11 is 0. The Morgan fingerprint density at radius 3 is 2.78 bits per heavy atom. The quantitative estimate of drug-likeness (QED) is 0.864. The summed E-state index contributed by atoms with van der Waals surface area (Å²) in [5.74, 6) is 1.62. The SMILES string of the molecule is Cc1nc2ccccc2nc1NCC1CCNC1. The predicted molar refractivity (Wildman–Crippen MR) is 73.7 cm³/mol. The van der Waals surface area contributed by atoms with Crippen LogP contribution in [0.15, 0.2) is 24.3 Å². The number of rotatable bonds is 3. The molecule has 0 saturated carbocycles. The van der Waals surface area contributed by atoms with Gasteiger partial charge in [-0.2, -0.15) is 0 Å². The van der Waals surface area contributed by atoms with E-state index in [0.29, 0.717) is 5.92 Å². The second kappa shape index (κ2) is 4.90.